The maximum Gasteiger partial charge on any atom is 0.465 e. The summed E-state index contributed by atoms with van der Waals surface area (Å²) in [6.45, 7) is 2.19. The molecule has 0 unspecified atom stereocenters. The summed E-state index contributed by atoms with van der Waals surface area (Å²) in [5, 5.41) is 0. The van der Waals surface area contributed by atoms with Gasteiger partial charge in [-0.1, -0.05) is 19.8 Å². The van der Waals surface area contributed by atoms with Gasteiger partial charge in [0.05, 0.1) is 5.92 Å². The van der Waals surface area contributed by atoms with E-state index in [1.54, 1.807) is 0 Å². The van der Waals surface area contributed by atoms with Crippen LogP contribution in [0.1, 0.15) is 96.8 Å². The molecule has 0 aromatic heterocycles. The van der Waals surface area contributed by atoms with E-state index in [1.165, 1.54) is 12.8 Å². The second-order valence-corrected chi connectivity index (χ2v) is 10.5. The summed E-state index contributed by atoms with van der Waals surface area (Å²) in [6.07, 6.45) is 4.81. The van der Waals surface area contributed by atoms with Gasteiger partial charge in [-0.15, -0.1) is 0 Å². The molecule has 0 radical (unpaired) electrons. The van der Waals surface area contributed by atoms with Crippen molar-refractivity contribution < 1.29 is 41.0 Å². The molecule has 3 aliphatic rings. The highest BCUT2D eigenvalue weighted by molar-refractivity contribution is 5.78. The van der Waals surface area contributed by atoms with Gasteiger partial charge in [0, 0.05) is 0 Å². The lowest BCUT2D eigenvalue weighted by molar-refractivity contribution is -0.282. The van der Waals surface area contributed by atoms with E-state index in [4.69, 9.17) is 4.74 Å². The number of carbonyl (C=O) groups is 2. The number of rotatable bonds is 7. The monoisotopic (exact) mass is 496 g/mol. The Morgan fingerprint density at radius 1 is 0.706 bits per heavy atom. The number of halogens is 5. The Balaban J connectivity index is 1.35. The number of hydrogen-bond acceptors (Lipinski definition) is 4. The smallest absolute Gasteiger partial charge is 0.462 e. The average Bonchev–Trinajstić information content (AvgIpc) is 2.80. The minimum atomic E-state index is -5.95. The van der Waals surface area contributed by atoms with Crippen molar-refractivity contribution in [1.29, 1.82) is 0 Å². The molecule has 34 heavy (non-hydrogen) atoms. The van der Waals surface area contributed by atoms with Gasteiger partial charge in [0.1, 0.15) is 12.2 Å². The lowest BCUT2D eigenvalue weighted by atomic mass is 9.72. The first-order valence-electron chi connectivity index (χ1n) is 12.9. The van der Waals surface area contributed by atoms with Crippen molar-refractivity contribution in [2.24, 2.45) is 23.7 Å². The second-order valence-electron chi connectivity index (χ2n) is 10.5. The number of carbonyl (C=O) groups excluding carboxylic acids is 2. The van der Waals surface area contributed by atoms with Crippen molar-refractivity contribution in [2.75, 3.05) is 0 Å². The highest BCUT2D eigenvalue weighted by Crippen LogP contribution is 2.42. The molecule has 0 amide bonds. The maximum absolute atomic E-state index is 13.1. The van der Waals surface area contributed by atoms with Crippen molar-refractivity contribution in [3.63, 3.8) is 0 Å². The van der Waals surface area contributed by atoms with Gasteiger partial charge in [0.25, 0.3) is 0 Å². The van der Waals surface area contributed by atoms with Crippen LogP contribution in [0.3, 0.4) is 0 Å². The highest BCUT2D eigenvalue weighted by atomic mass is 19.4. The zero-order chi connectivity index (χ0) is 24.9. The summed E-state index contributed by atoms with van der Waals surface area (Å²) >= 11 is 0. The molecule has 3 fully saturated rings. The Labute approximate surface area is 198 Å². The number of alkyl halides is 5. The zero-order valence-corrected chi connectivity index (χ0v) is 19.9. The van der Waals surface area contributed by atoms with Crippen molar-refractivity contribution in [3.05, 3.63) is 0 Å². The van der Waals surface area contributed by atoms with Crippen LogP contribution in [0.5, 0.6) is 0 Å². The molecule has 0 bridgehead atoms. The second kappa shape index (κ2) is 11.5. The van der Waals surface area contributed by atoms with Crippen LogP contribution < -0.4 is 0 Å². The van der Waals surface area contributed by atoms with Gasteiger partial charge in [-0.3, -0.25) is 4.79 Å². The van der Waals surface area contributed by atoms with Crippen LogP contribution in [0.4, 0.5) is 22.0 Å². The SMILES string of the molecule is CCCC1CCC(C(=O)OC2CCC(C3CCC(OC(=O)C(F)(F)C(F)(F)F)CC3)CC2)CC1. The topological polar surface area (TPSA) is 52.6 Å². The van der Waals surface area contributed by atoms with Gasteiger partial charge in [-0.2, -0.15) is 22.0 Å². The fourth-order valence-electron chi connectivity index (χ4n) is 6.05. The molecule has 3 aliphatic carbocycles. The third-order valence-corrected chi connectivity index (χ3v) is 8.15. The molecular formula is C25H37F5O4. The summed E-state index contributed by atoms with van der Waals surface area (Å²) in [7, 11) is 0. The summed E-state index contributed by atoms with van der Waals surface area (Å²) in [5.74, 6) is -6.55. The molecule has 0 aliphatic heterocycles. The van der Waals surface area contributed by atoms with Gasteiger partial charge < -0.3 is 9.47 Å². The Bertz CT molecular complexity index is 671. The quantitative estimate of drug-likeness (QED) is 0.281. The molecule has 0 heterocycles. The molecule has 0 atom stereocenters. The molecule has 0 aromatic rings. The minimum absolute atomic E-state index is 0.0218. The number of esters is 2. The first kappa shape index (κ1) is 27.2. The zero-order valence-electron chi connectivity index (χ0n) is 19.9. The van der Waals surface area contributed by atoms with Crippen molar-refractivity contribution >= 4 is 11.9 Å². The molecule has 0 aromatic carbocycles. The van der Waals surface area contributed by atoms with Gasteiger partial charge in [0.2, 0.25) is 0 Å². The maximum atomic E-state index is 13.1. The lowest BCUT2D eigenvalue weighted by Crippen LogP contribution is -2.46. The molecule has 3 rings (SSSR count). The molecule has 3 saturated carbocycles. The molecule has 196 valence electrons. The third kappa shape index (κ3) is 6.84. The van der Waals surface area contributed by atoms with Crippen LogP contribution in [0.15, 0.2) is 0 Å². The third-order valence-electron chi connectivity index (χ3n) is 8.15. The molecular weight excluding hydrogens is 459 g/mol. The van der Waals surface area contributed by atoms with E-state index in [2.05, 4.69) is 11.7 Å². The van der Waals surface area contributed by atoms with Crippen LogP contribution in [-0.4, -0.2) is 36.2 Å². The van der Waals surface area contributed by atoms with Gasteiger partial charge in [-0.05, 0) is 94.8 Å². The molecule has 9 heteroatoms. The summed E-state index contributed by atoms with van der Waals surface area (Å²) in [6, 6.07) is 0. The van der Waals surface area contributed by atoms with E-state index >= 15 is 0 Å². The Morgan fingerprint density at radius 2 is 1.18 bits per heavy atom. The van der Waals surface area contributed by atoms with Crippen LogP contribution in [0.2, 0.25) is 0 Å². The molecule has 4 nitrogen and oxygen atoms in total. The molecule has 0 spiro atoms. The molecule has 0 saturated heterocycles. The van der Waals surface area contributed by atoms with Crippen molar-refractivity contribution in [1.82, 2.24) is 0 Å². The number of ether oxygens (including phenoxy) is 2. The van der Waals surface area contributed by atoms with E-state index in [-0.39, 0.29) is 18.0 Å². The first-order valence-corrected chi connectivity index (χ1v) is 12.9. The standard InChI is InChI=1S/C25H37F5O4/c1-2-3-16-4-6-19(7-5-16)22(31)33-20-12-8-17(9-13-20)18-10-14-21(15-11-18)34-23(32)24(26,27)25(28,29)30/h16-21H,2-15H2,1H3. The predicted octanol–water partition coefficient (Wildman–Crippen LogP) is 6.99. The summed E-state index contributed by atoms with van der Waals surface area (Å²) in [5.41, 5.74) is 0. The molecule has 0 N–H and O–H groups in total. The average molecular weight is 497 g/mol. The Kier molecular flexibility index (Phi) is 9.23. The first-order chi connectivity index (χ1) is 16.0. The Hall–Kier alpha value is -1.41. The summed E-state index contributed by atoms with van der Waals surface area (Å²) in [4.78, 5) is 23.9. The van der Waals surface area contributed by atoms with Gasteiger partial charge >= 0.3 is 24.0 Å². The van der Waals surface area contributed by atoms with Gasteiger partial charge in [-0.25, -0.2) is 4.79 Å². The van der Waals surface area contributed by atoms with Crippen LogP contribution >= 0.6 is 0 Å². The van der Waals surface area contributed by atoms with E-state index < -0.39 is 24.2 Å². The fraction of sp³-hybridized carbons (Fsp3) is 0.920. The highest BCUT2D eigenvalue weighted by Gasteiger charge is 2.65. The van der Waals surface area contributed by atoms with Crippen LogP contribution in [0, 0.1) is 23.7 Å². The summed E-state index contributed by atoms with van der Waals surface area (Å²) < 4.78 is 73.5. The number of hydrogen-bond donors (Lipinski definition) is 0. The lowest BCUT2D eigenvalue weighted by Gasteiger charge is -2.38. The van der Waals surface area contributed by atoms with Crippen molar-refractivity contribution in [2.45, 2.75) is 121 Å². The normalized spacial score (nSPS) is 33.2. The van der Waals surface area contributed by atoms with Crippen LogP contribution in [0.25, 0.3) is 0 Å². The van der Waals surface area contributed by atoms with E-state index in [0.29, 0.717) is 37.5 Å². The minimum Gasteiger partial charge on any atom is -0.462 e. The van der Waals surface area contributed by atoms with Crippen LogP contribution in [-0.2, 0) is 19.1 Å². The van der Waals surface area contributed by atoms with E-state index in [9.17, 15) is 31.5 Å². The van der Waals surface area contributed by atoms with E-state index in [1.807, 2.05) is 0 Å². The van der Waals surface area contributed by atoms with E-state index in [0.717, 1.165) is 57.3 Å². The van der Waals surface area contributed by atoms with Crippen molar-refractivity contribution in [3.8, 4) is 0 Å². The van der Waals surface area contributed by atoms with Gasteiger partial charge in [0.15, 0.2) is 0 Å². The Morgan fingerprint density at radius 3 is 1.62 bits per heavy atom. The largest absolute Gasteiger partial charge is 0.465 e. The predicted molar refractivity (Wildman–Crippen MR) is 115 cm³/mol. The fourth-order valence-corrected chi connectivity index (χ4v) is 6.05.